The van der Waals surface area contributed by atoms with Crippen LogP contribution in [0.5, 0.6) is 5.75 Å². The van der Waals surface area contributed by atoms with E-state index >= 15 is 0 Å². The van der Waals surface area contributed by atoms with E-state index in [1.807, 2.05) is 6.07 Å². The van der Waals surface area contributed by atoms with Gasteiger partial charge in [-0.05, 0) is 42.0 Å². The van der Waals surface area contributed by atoms with Crippen molar-refractivity contribution in [2.45, 2.75) is 12.9 Å². The summed E-state index contributed by atoms with van der Waals surface area (Å²) in [4.78, 5) is 12.1. The van der Waals surface area contributed by atoms with E-state index in [-0.39, 0.29) is 5.75 Å². The highest BCUT2D eigenvalue weighted by Gasteiger charge is 2.30. The zero-order chi connectivity index (χ0) is 20.0. The molecule has 2 aromatic carbocycles. The summed E-state index contributed by atoms with van der Waals surface area (Å²) < 4.78 is 40.2. The van der Waals surface area contributed by atoms with E-state index in [0.29, 0.717) is 17.9 Å². The SMILES string of the molecule is O=C(Nc1ccc(OC(F)(F)F)cc1)Nc1cccc(CNc2cn[nH]c2)c1. The fraction of sp³-hybridized carbons (Fsp3) is 0.111. The third-order valence-corrected chi connectivity index (χ3v) is 3.53. The molecule has 0 radical (unpaired) electrons. The molecule has 146 valence electrons. The van der Waals surface area contributed by atoms with Crippen LogP contribution in [0.15, 0.2) is 60.9 Å². The molecule has 2 amide bonds. The molecule has 0 saturated carbocycles. The number of hydrogen-bond acceptors (Lipinski definition) is 4. The van der Waals surface area contributed by atoms with Crippen molar-refractivity contribution in [1.82, 2.24) is 10.2 Å². The van der Waals surface area contributed by atoms with Crippen LogP contribution in [0.1, 0.15) is 5.56 Å². The number of H-pyrrole nitrogens is 1. The van der Waals surface area contributed by atoms with Crippen molar-refractivity contribution in [3.63, 3.8) is 0 Å². The Bertz CT molecular complexity index is 912. The van der Waals surface area contributed by atoms with E-state index in [0.717, 1.165) is 23.4 Å². The minimum atomic E-state index is -4.76. The number of carbonyl (C=O) groups excluding carboxylic acids is 1. The average Bonchev–Trinajstić information content (AvgIpc) is 3.14. The number of halogens is 3. The number of ether oxygens (including phenoxy) is 1. The topological polar surface area (TPSA) is 91.1 Å². The molecule has 4 N–H and O–H groups in total. The molecule has 0 bridgehead atoms. The lowest BCUT2D eigenvalue weighted by Gasteiger charge is -2.11. The molecule has 3 rings (SSSR count). The molecule has 0 aliphatic carbocycles. The summed E-state index contributed by atoms with van der Waals surface area (Å²) >= 11 is 0. The Hall–Kier alpha value is -3.69. The number of aromatic amines is 1. The maximum atomic E-state index is 12.2. The van der Waals surface area contributed by atoms with Crippen LogP contribution >= 0.6 is 0 Å². The summed E-state index contributed by atoms with van der Waals surface area (Å²) in [6.07, 6.45) is -1.38. The molecule has 0 saturated heterocycles. The van der Waals surface area contributed by atoms with Crippen LogP contribution in [0, 0.1) is 0 Å². The quantitative estimate of drug-likeness (QED) is 0.496. The summed E-state index contributed by atoms with van der Waals surface area (Å²) in [7, 11) is 0. The molecule has 0 unspecified atom stereocenters. The minimum Gasteiger partial charge on any atom is -0.406 e. The molecule has 10 heteroatoms. The van der Waals surface area contributed by atoms with E-state index in [2.05, 4.69) is 30.9 Å². The Kier molecular flexibility index (Phi) is 5.68. The van der Waals surface area contributed by atoms with Gasteiger partial charge in [-0.3, -0.25) is 5.10 Å². The molecule has 0 aliphatic heterocycles. The van der Waals surface area contributed by atoms with Gasteiger partial charge in [0.25, 0.3) is 0 Å². The molecular formula is C18H16F3N5O2. The zero-order valence-corrected chi connectivity index (χ0v) is 14.4. The number of amides is 2. The van der Waals surface area contributed by atoms with Crippen molar-refractivity contribution in [1.29, 1.82) is 0 Å². The van der Waals surface area contributed by atoms with E-state index in [1.165, 1.54) is 12.1 Å². The zero-order valence-electron chi connectivity index (χ0n) is 14.4. The minimum absolute atomic E-state index is 0.324. The Labute approximate surface area is 157 Å². The van der Waals surface area contributed by atoms with Crippen LogP contribution in [0.2, 0.25) is 0 Å². The Morgan fingerprint density at radius 2 is 1.79 bits per heavy atom. The number of anilines is 3. The molecule has 0 atom stereocenters. The molecule has 7 nitrogen and oxygen atoms in total. The first-order valence-corrected chi connectivity index (χ1v) is 8.13. The third kappa shape index (κ3) is 5.94. The second kappa shape index (κ2) is 8.33. The highest BCUT2D eigenvalue weighted by atomic mass is 19.4. The summed E-state index contributed by atoms with van der Waals surface area (Å²) in [5.74, 6) is -0.365. The molecule has 28 heavy (non-hydrogen) atoms. The van der Waals surface area contributed by atoms with Gasteiger partial charge in [-0.1, -0.05) is 12.1 Å². The summed E-state index contributed by atoms with van der Waals surface area (Å²) in [5, 5.41) is 14.9. The van der Waals surface area contributed by atoms with Gasteiger partial charge in [0, 0.05) is 24.1 Å². The number of carbonyl (C=O) groups is 1. The number of benzene rings is 2. The van der Waals surface area contributed by atoms with E-state index < -0.39 is 12.4 Å². The average molecular weight is 391 g/mol. The number of urea groups is 1. The van der Waals surface area contributed by atoms with Crippen molar-refractivity contribution in [2.24, 2.45) is 0 Å². The third-order valence-electron chi connectivity index (χ3n) is 3.53. The number of aromatic nitrogens is 2. The Morgan fingerprint density at radius 3 is 2.46 bits per heavy atom. The smallest absolute Gasteiger partial charge is 0.406 e. The van der Waals surface area contributed by atoms with Crippen molar-refractivity contribution < 1.29 is 22.7 Å². The number of nitrogens with zero attached hydrogens (tertiary/aromatic N) is 1. The van der Waals surface area contributed by atoms with Gasteiger partial charge in [-0.15, -0.1) is 13.2 Å². The normalized spacial score (nSPS) is 11.0. The molecule has 1 heterocycles. The first kappa shape index (κ1) is 19.1. The molecule has 0 fully saturated rings. The van der Waals surface area contributed by atoms with Gasteiger partial charge in [0.1, 0.15) is 5.75 Å². The monoisotopic (exact) mass is 391 g/mol. The number of rotatable bonds is 6. The lowest BCUT2D eigenvalue weighted by molar-refractivity contribution is -0.274. The van der Waals surface area contributed by atoms with Gasteiger partial charge in [0.2, 0.25) is 0 Å². The second-order valence-corrected chi connectivity index (χ2v) is 5.69. The van der Waals surface area contributed by atoms with E-state index in [9.17, 15) is 18.0 Å². The fourth-order valence-electron chi connectivity index (χ4n) is 2.34. The Balaban J connectivity index is 1.53. The van der Waals surface area contributed by atoms with Crippen molar-refractivity contribution >= 4 is 23.1 Å². The van der Waals surface area contributed by atoms with Crippen LogP contribution in [0.4, 0.5) is 35.0 Å². The molecule has 0 aliphatic rings. The number of nitrogens with one attached hydrogen (secondary N) is 4. The Morgan fingerprint density at radius 1 is 1.04 bits per heavy atom. The molecule has 1 aromatic heterocycles. The van der Waals surface area contributed by atoms with Crippen LogP contribution in [-0.2, 0) is 6.54 Å². The van der Waals surface area contributed by atoms with Crippen LogP contribution < -0.4 is 20.7 Å². The molecule has 3 aromatic rings. The van der Waals surface area contributed by atoms with Crippen LogP contribution in [0.3, 0.4) is 0 Å². The van der Waals surface area contributed by atoms with Gasteiger partial charge >= 0.3 is 12.4 Å². The van der Waals surface area contributed by atoms with Crippen molar-refractivity contribution in [3.05, 3.63) is 66.5 Å². The van der Waals surface area contributed by atoms with Crippen molar-refractivity contribution in [3.8, 4) is 5.75 Å². The fourth-order valence-corrected chi connectivity index (χ4v) is 2.34. The number of alkyl halides is 3. The summed E-state index contributed by atoms with van der Waals surface area (Å²) in [6, 6.07) is 11.5. The van der Waals surface area contributed by atoms with Crippen molar-refractivity contribution in [2.75, 3.05) is 16.0 Å². The van der Waals surface area contributed by atoms with Crippen LogP contribution in [-0.4, -0.2) is 22.6 Å². The lowest BCUT2D eigenvalue weighted by Crippen LogP contribution is -2.20. The highest BCUT2D eigenvalue weighted by molar-refractivity contribution is 5.99. The summed E-state index contributed by atoms with van der Waals surface area (Å²) in [5.41, 5.74) is 2.67. The van der Waals surface area contributed by atoms with E-state index in [4.69, 9.17) is 0 Å². The van der Waals surface area contributed by atoms with E-state index in [1.54, 1.807) is 30.6 Å². The first-order valence-electron chi connectivity index (χ1n) is 8.13. The molecular weight excluding hydrogens is 375 g/mol. The first-order chi connectivity index (χ1) is 13.4. The van der Waals surface area contributed by atoms with Gasteiger partial charge in [0.05, 0.1) is 11.9 Å². The highest BCUT2D eigenvalue weighted by Crippen LogP contribution is 2.24. The maximum absolute atomic E-state index is 12.2. The second-order valence-electron chi connectivity index (χ2n) is 5.69. The van der Waals surface area contributed by atoms with Gasteiger partial charge in [-0.2, -0.15) is 5.10 Å². The predicted molar refractivity (Wildman–Crippen MR) is 98.1 cm³/mol. The van der Waals surface area contributed by atoms with Gasteiger partial charge in [0.15, 0.2) is 0 Å². The molecule has 0 spiro atoms. The lowest BCUT2D eigenvalue weighted by atomic mass is 10.2. The van der Waals surface area contributed by atoms with Gasteiger partial charge in [-0.25, -0.2) is 4.79 Å². The number of hydrogen-bond donors (Lipinski definition) is 4. The largest absolute Gasteiger partial charge is 0.573 e. The standard InChI is InChI=1S/C18H16F3N5O2/c19-18(20,21)28-16-6-4-13(5-7-16)25-17(27)26-14-3-1-2-12(8-14)9-22-15-10-23-24-11-15/h1-8,10-11,22H,9H2,(H,23,24)(H2,25,26,27). The van der Waals surface area contributed by atoms with Gasteiger partial charge < -0.3 is 20.7 Å². The summed E-state index contributed by atoms with van der Waals surface area (Å²) in [6.45, 7) is 0.539. The van der Waals surface area contributed by atoms with Crippen LogP contribution in [0.25, 0.3) is 0 Å². The predicted octanol–water partition coefficient (Wildman–Crippen LogP) is 4.56. The maximum Gasteiger partial charge on any atom is 0.573 e.